The molecule has 34 heavy (non-hydrogen) atoms. The van der Waals surface area contributed by atoms with Crippen molar-refractivity contribution in [3.63, 3.8) is 0 Å². The summed E-state index contributed by atoms with van der Waals surface area (Å²) in [5.74, 6) is 2.05. The predicted molar refractivity (Wildman–Crippen MR) is 138 cm³/mol. The van der Waals surface area contributed by atoms with Crippen LogP contribution in [0.1, 0.15) is 12.0 Å². The normalized spacial score (nSPS) is 11.9. The third kappa shape index (κ3) is 4.51. The smallest absolute Gasteiger partial charge is 0.274 e. The first-order chi connectivity index (χ1) is 16.6. The molecule has 0 aliphatic carbocycles. The standard InChI is InChI=1S/C26H21BrN2O4S/c1-31-22-15-17(14-19(27)24(22)33-13-7-12-32-18-8-3-2-4-9-18)16-23-25(30)29-21-11-6-5-10-20(21)28-26(29)34-23/h2-6,8-11,14-16H,7,12-13H2,1H3. The molecule has 0 radical (unpaired) electrons. The van der Waals surface area contributed by atoms with E-state index in [-0.39, 0.29) is 5.56 Å². The van der Waals surface area contributed by atoms with Crippen LogP contribution in [-0.4, -0.2) is 29.7 Å². The van der Waals surface area contributed by atoms with Crippen LogP contribution in [0.5, 0.6) is 17.2 Å². The van der Waals surface area contributed by atoms with Crippen LogP contribution in [0.2, 0.25) is 0 Å². The highest BCUT2D eigenvalue weighted by atomic mass is 79.9. The Hall–Kier alpha value is -3.36. The Morgan fingerprint density at radius 1 is 1.03 bits per heavy atom. The minimum absolute atomic E-state index is 0.0810. The van der Waals surface area contributed by atoms with Gasteiger partial charge in [0, 0.05) is 6.42 Å². The summed E-state index contributed by atoms with van der Waals surface area (Å²) in [4.78, 5) is 18.3. The maximum Gasteiger partial charge on any atom is 0.274 e. The van der Waals surface area contributed by atoms with Crippen LogP contribution in [0, 0.1) is 0 Å². The number of aromatic nitrogens is 2. The first kappa shape index (κ1) is 22.4. The van der Waals surface area contributed by atoms with Crippen molar-refractivity contribution >= 4 is 49.3 Å². The molecule has 0 spiro atoms. The number of methoxy groups -OCH3 is 1. The first-order valence-electron chi connectivity index (χ1n) is 10.7. The molecule has 5 aromatic rings. The molecule has 0 amide bonds. The van der Waals surface area contributed by atoms with E-state index in [4.69, 9.17) is 14.2 Å². The van der Waals surface area contributed by atoms with Gasteiger partial charge in [0.15, 0.2) is 16.5 Å². The van der Waals surface area contributed by atoms with Crippen LogP contribution >= 0.6 is 27.3 Å². The molecule has 0 bridgehead atoms. The van der Waals surface area contributed by atoms with Gasteiger partial charge in [-0.25, -0.2) is 9.38 Å². The van der Waals surface area contributed by atoms with Gasteiger partial charge in [-0.1, -0.05) is 41.7 Å². The van der Waals surface area contributed by atoms with Gasteiger partial charge in [-0.05, 0) is 64.0 Å². The van der Waals surface area contributed by atoms with Crippen molar-refractivity contribution in [2.75, 3.05) is 20.3 Å². The maximum absolute atomic E-state index is 13.0. The zero-order valence-electron chi connectivity index (χ0n) is 18.4. The number of halogens is 1. The molecule has 172 valence electrons. The van der Waals surface area contributed by atoms with E-state index in [2.05, 4.69) is 20.9 Å². The molecule has 8 heteroatoms. The summed E-state index contributed by atoms with van der Waals surface area (Å²) >= 11 is 4.96. The van der Waals surface area contributed by atoms with E-state index in [1.165, 1.54) is 11.3 Å². The first-order valence-corrected chi connectivity index (χ1v) is 12.3. The van der Waals surface area contributed by atoms with Gasteiger partial charge in [0.25, 0.3) is 5.56 Å². The van der Waals surface area contributed by atoms with E-state index in [1.54, 1.807) is 11.5 Å². The minimum Gasteiger partial charge on any atom is -0.493 e. The van der Waals surface area contributed by atoms with E-state index < -0.39 is 0 Å². The van der Waals surface area contributed by atoms with Gasteiger partial charge in [0.05, 0.1) is 40.4 Å². The van der Waals surface area contributed by atoms with Crippen LogP contribution < -0.4 is 24.3 Å². The van der Waals surface area contributed by atoms with Crippen molar-refractivity contribution in [1.82, 2.24) is 9.38 Å². The van der Waals surface area contributed by atoms with Crippen LogP contribution in [-0.2, 0) is 0 Å². The molecule has 0 unspecified atom stereocenters. The Morgan fingerprint density at radius 2 is 1.79 bits per heavy atom. The SMILES string of the molecule is COc1cc(C=c2sc3nc4ccccc4n3c2=O)cc(Br)c1OCCCOc1ccccc1. The summed E-state index contributed by atoms with van der Waals surface area (Å²) < 4.78 is 20.3. The number of hydrogen-bond acceptors (Lipinski definition) is 6. The van der Waals surface area contributed by atoms with E-state index in [1.807, 2.05) is 72.8 Å². The Kier molecular flexibility index (Phi) is 6.51. The molecule has 3 aromatic carbocycles. The van der Waals surface area contributed by atoms with Crippen LogP contribution in [0.25, 0.3) is 22.1 Å². The average molecular weight is 537 g/mol. The quantitative estimate of drug-likeness (QED) is 0.259. The Morgan fingerprint density at radius 3 is 2.62 bits per heavy atom. The van der Waals surface area contributed by atoms with Gasteiger partial charge >= 0.3 is 0 Å². The molecule has 0 aliphatic heterocycles. The van der Waals surface area contributed by atoms with E-state index in [0.717, 1.165) is 33.2 Å². The number of rotatable bonds is 8. The fraction of sp³-hybridized carbons (Fsp3) is 0.154. The molecule has 6 nitrogen and oxygen atoms in total. The van der Waals surface area contributed by atoms with Crippen molar-refractivity contribution in [2.24, 2.45) is 0 Å². The van der Waals surface area contributed by atoms with Crippen molar-refractivity contribution in [2.45, 2.75) is 6.42 Å². The minimum atomic E-state index is -0.0810. The third-order valence-electron chi connectivity index (χ3n) is 5.24. The predicted octanol–water partition coefficient (Wildman–Crippen LogP) is 5.08. The number of imidazole rings is 1. The largest absolute Gasteiger partial charge is 0.493 e. The number of thiazole rings is 1. The monoisotopic (exact) mass is 536 g/mol. The second kappa shape index (κ2) is 9.87. The number of benzene rings is 3. The molecule has 2 aromatic heterocycles. The number of fused-ring (bicyclic) bond motifs is 3. The van der Waals surface area contributed by atoms with Gasteiger partial charge in [-0.2, -0.15) is 0 Å². The number of hydrogen-bond donors (Lipinski definition) is 0. The van der Waals surface area contributed by atoms with Crippen LogP contribution in [0.15, 0.2) is 76.0 Å². The topological polar surface area (TPSA) is 62.1 Å². The summed E-state index contributed by atoms with van der Waals surface area (Å²) in [5.41, 5.74) is 2.38. The van der Waals surface area contributed by atoms with Crippen molar-refractivity contribution in [3.05, 3.63) is 91.7 Å². The second-order valence-electron chi connectivity index (χ2n) is 7.53. The van der Waals surface area contributed by atoms with E-state index in [9.17, 15) is 4.79 Å². The summed E-state index contributed by atoms with van der Waals surface area (Å²) in [5, 5.41) is 0. The van der Waals surface area contributed by atoms with Gasteiger partial charge in [-0.3, -0.25) is 4.79 Å². The van der Waals surface area contributed by atoms with Crippen molar-refractivity contribution < 1.29 is 14.2 Å². The van der Waals surface area contributed by atoms with Crippen LogP contribution in [0.4, 0.5) is 0 Å². The molecular formula is C26H21BrN2O4S. The Balaban J connectivity index is 1.34. The van der Waals surface area contributed by atoms with Crippen LogP contribution in [0.3, 0.4) is 0 Å². The lowest BCUT2D eigenvalue weighted by atomic mass is 10.2. The summed E-state index contributed by atoms with van der Waals surface area (Å²) in [6, 6.07) is 21.1. The zero-order chi connectivity index (χ0) is 23.5. The molecule has 0 saturated carbocycles. The second-order valence-corrected chi connectivity index (χ2v) is 9.40. The highest BCUT2D eigenvalue weighted by Gasteiger charge is 2.13. The highest BCUT2D eigenvalue weighted by Crippen LogP contribution is 2.37. The lowest BCUT2D eigenvalue weighted by Crippen LogP contribution is -2.22. The third-order valence-corrected chi connectivity index (χ3v) is 6.80. The molecule has 0 atom stereocenters. The summed E-state index contributed by atoms with van der Waals surface area (Å²) in [6.45, 7) is 1.03. The lowest BCUT2D eigenvalue weighted by Gasteiger charge is -2.14. The lowest BCUT2D eigenvalue weighted by molar-refractivity contribution is 0.239. The fourth-order valence-corrected chi connectivity index (χ4v) is 5.23. The van der Waals surface area contributed by atoms with Crippen molar-refractivity contribution in [3.8, 4) is 17.2 Å². The number of nitrogens with zero attached hydrogens (tertiary/aromatic N) is 2. The molecule has 0 aliphatic rings. The van der Waals surface area contributed by atoms with Gasteiger partial charge in [-0.15, -0.1) is 0 Å². The Bertz CT molecular complexity index is 1560. The molecular weight excluding hydrogens is 516 g/mol. The highest BCUT2D eigenvalue weighted by molar-refractivity contribution is 9.10. The summed E-state index contributed by atoms with van der Waals surface area (Å²) in [7, 11) is 1.60. The zero-order valence-corrected chi connectivity index (χ0v) is 20.8. The maximum atomic E-state index is 13.0. The van der Waals surface area contributed by atoms with Gasteiger partial charge in [0.2, 0.25) is 0 Å². The van der Waals surface area contributed by atoms with Gasteiger partial charge in [0.1, 0.15) is 5.75 Å². The Labute approximate surface area is 208 Å². The van der Waals surface area contributed by atoms with E-state index >= 15 is 0 Å². The average Bonchev–Trinajstić information content (AvgIpc) is 3.36. The molecule has 5 rings (SSSR count). The molecule has 2 heterocycles. The molecule has 0 saturated heterocycles. The number of para-hydroxylation sites is 3. The molecule has 0 fully saturated rings. The number of ether oxygens (including phenoxy) is 3. The summed E-state index contributed by atoms with van der Waals surface area (Å²) in [6.07, 6.45) is 2.57. The van der Waals surface area contributed by atoms with E-state index in [0.29, 0.717) is 34.2 Å². The molecule has 0 N–H and O–H groups in total. The van der Waals surface area contributed by atoms with Crippen molar-refractivity contribution in [1.29, 1.82) is 0 Å². The fourth-order valence-electron chi connectivity index (χ4n) is 3.67. The van der Waals surface area contributed by atoms with Gasteiger partial charge < -0.3 is 14.2 Å².